The maximum absolute atomic E-state index is 15.2. The van der Waals surface area contributed by atoms with Crippen molar-refractivity contribution in [1.82, 2.24) is 15.0 Å². The van der Waals surface area contributed by atoms with Crippen LogP contribution in [-0.4, -0.2) is 52.8 Å². The highest BCUT2D eigenvalue weighted by atomic mass is 19.1. The Morgan fingerprint density at radius 2 is 1.88 bits per heavy atom. The third kappa shape index (κ3) is 6.52. The SMILES string of the molecule is C=CC(=O)Nc1cc2c(Nc3ccc(Oc4ccnc(N5C[C@@H](C)O[C@@H](C)C5)c4)cc3F)ncnc2cc1OCC. The van der Waals surface area contributed by atoms with Gasteiger partial charge in [0, 0.05) is 42.9 Å². The summed E-state index contributed by atoms with van der Waals surface area (Å²) >= 11 is 0. The first-order valence-corrected chi connectivity index (χ1v) is 13.3. The third-order valence-corrected chi connectivity index (χ3v) is 6.37. The summed E-state index contributed by atoms with van der Waals surface area (Å²) in [5.41, 5.74) is 1.17. The molecule has 4 aromatic rings. The summed E-state index contributed by atoms with van der Waals surface area (Å²) in [6.07, 6.45) is 4.39. The largest absolute Gasteiger partial charge is 0.492 e. The number of ether oxygens (including phenoxy) is 3. The van der Waals surface area contributed by atoms with Crippen molar-refractivity contribution in [3.05, 3.63) is 73.5 Å². The van der Waals surface area contributed by atoms with Crippen molar-refractivity contribution < 1.29 is 23.4 Å². The van der Waals surface area contributed by atoms with E-state index in [4.69, 9.17) is 14.2 Å². The van der Waals surface area contributed by atoms with E-state index in [-0.39, 0.29) is 17.9 Å². The third-order valence-electron chi connectivity index (χ3n) is 6.37. The zero-order valence-electron chi connectivity index (χ0n) is 23.1. The minimum absolute atomic E-state index is 0.0930. The first kappa shape index (κ1) is 27.8. The van der Waals surface area contributed by atoms with Gasteiger partial charge in [-0.3, -0.25) is 4.79 Å². The molecule has 10 nitrogen and oxygen atoms in total. The maximum atomic E-state index is 15.2. The molecule has 212 valence electrons. The molecule has 1 amide bonds. The number of carbonyl (C=O) groups is 1. The van der Waals surface area contributed by atoms with Gasteiger partial charge in [-0.25, -0.2) is 19.3 Å². The zero-order chi connectivity index (χ0) is 28.9. The van der Waals surface area contributed by atoms with E-state index in [1.54, 1.807) is 36.5 Å². The molecule has 3 heterocycles. The molecular weight excluding hydrogens is 527 g/mol. The summed E-state index contributed by atoms with van der Waals surface area (Å²) < 4.78 is 32.7. The monoisotopic (exact) mass is 558 g/mol. The van der Waals surface area contributed by atoms with Crippen LogP contribution in [0.2, 0.25) is 0 Å². The van der Waals surface area contributed by atoms with Crippen molar-refractivity contribution in [3.63, 3.8) is 0 Å². The fourth-order valence-electron chi connectivity index (χ4n) is 4.67. The van der Waals surface area contributed by atoms with Crippen molar-refractivity contribution in [2.24, 2.45) is 0 Å². The Morgan fingerprint density at radius 3 is 2.61 bits per heavy atom. The van der Waals surface area contributed by atoms with Gasteiger partial charge in [0.05, 0.1) is 35.7 Å². The molecule has 41 heavy (non-hydrogen) atoms. The molecule has 2 atom stereocenters. The lowest BCUT2D eigenvalue weighted by Gasteiger charge is -2.36. The van der Waals surface area contributed by atoms with Crippen LogP contribution in [0.4, 0.5) is 27.4 Å². The van der Waals surface area contributed by atoms with E-state index < -0.39 is 11.7 Å². The van der Waals surface area contributed by atoms with Gasteiger partial charge in [-0.15, -0.1) is 0 Å². The molecule has 11 heteroatoms. The van der Waals surface area contributed by atoms with Gasteiger partial charge in [0.1, 0.15) is 41.0 Å². The van der Waals surface area contributed by atoms with Crippen molar-refractivity contribution in [3.8, 4) is 17.2 Å². The number of nitrogens with one attached hydrogen (secondary N) is 2. The normalized spacial score (nSPS) is 16.7. The highest BCUT2D eigenvalue weighted by Gasteiger charge is 2.23. The molecule has 0 bridgehead atoms. The highest BCUT2D eigenvalue weighted by molar-refractivity contribution is 6.03. The van der Waals surface area contributed by atoms with Gasteiger partial charge in [-0.05, 0) is 51.1 Å². The number of morpholine rings is 1. The smallest absolute Gasteiger partial charge is 0.247 e. The second-order valence-electron chi connectivity index (χ2n) is 9.59. The summed E-state index contributed by atoms with van der Waals surface area (Å²) in [5, 5.41) is 6.32. The average Bonchev–Trinajstić information content (AvgIpc) is 2.95. The summed E-state index contributed by atoms with van der Waals surface area (Å²) in [5.74, 6) is 1.52. The molecule has 0 spiro atoms. The Bertz CT molecular complexity index is 1570. The molecule has 0 radical (unpaired) electrons. The second kappa shape index (κ2) is 12.2. The van der Waals surface area contributed by atoms with Gasteiger partial charge < -0.3 is 29.7 Å². The molecule has 0 saturated carbocycles. The van der Waals surface area contributed by atoms with Crippen LogP contribution in [0, 0.1) is 5.82 Å². The Labute approximate surface area is 237 Å². The molecule has 2 aromatic heterocycles. The second-order valence-corrected chi connectivity index (χ2v) is 9.59. The van der Waals surface area contributed by atoms with Crippen molar-refractivity contribution in [2.75, 3.05) is 35.2 Å². The number of benzene rings is 2. The Kier molecular flexibility index (Phi) is 8.25. The van der Waals surface area contributed by atoms with Crippen LogP contribution >= 0.6 is 0 Å². The van der Waals surface area contributed by atoms with Gasteiger partial charge in [0.15, 0.2) is 0 Å². The number of hydrogen-bond donors (Lipinski definition) is 2. The highest BCUT2D eigenvalue weighted by Crippen LogP contribution is 2.35. The number of halogens is 1. The maximum Gasteiger partial charge on any atom is 0.247 e. The standard InChI is InChI=1S/C30H31FN6O4/c1-5-29(38)35-26-13-22-25(14-27(26)39-6-2)33-17-34-30(22)36-24-8-7-20(11-23(24)31)41-21-9-10-32-28(12-21)37-15-18(3)40-19(4)16-37/h5,7-14,17-19H,1,6,15-16H2,2-4H3,(H,35,38)(H,33,34,36)/t18-,19+. The average molecular weight is 559 g/mol. The van der Waals surface area contributed by atoms with Crippen molar-refractivity contribution >= 4 is 39.8 Å². The molecule has 0 unspecified atom stereocenters. The summed E-state index contributed by atoms with van der Waals surface area (Å²) in [6.45, 7) is 11.2. The molecular formula is C30H31FN6O4. The van der Waals surface area contributed by atoms with E-state index in [0.29, 0.717) is 46.3 Å². The van der Waals surface area contributed by atoms with E-state index in [1.165, 1.54) is 12.4 Å². The molecule has 2 N–H and O–H groups in total. The number of pyridine rings is 1. The number of amides is 1. The number of aromatic nitrogens is 3. The van der Waals surface area contributed by atoms with Crippen LogP contribution in [-0.2, 0) is 9.53 Å². The minimum Gasteiger partial charge on any atom is -0.492 e. The molecule has 5 rings (SSSR count). The number of carbonyl (C=O) groups excluding carboxylic acids is 1. The van der Waals surface area contributed by atoms with Crippen LogP contribution in [0.1, 0.15) is 20.8 Å². The summed E-state index contributed by atoms with van der Waals surface area (Å²) in [4.78, 5) is 27.2. The molecule has 1 aliphatic heterocycles. The van der Waals surface area contributed by atoms with E-state index >= 15 is 4.39 Å². The summed E-state index contributed by atoms with van der Waals surface area (Å²) in [6, 6.07) is 11.5. The van der Waals surface area contributed by atoms with E-state index in [2.05, 4.69) is 37.1 Å². The van der Waals surface area contributed by atoms with Crippen molar-refractivity contribution in [1.29, 1.82) is 0 Å². The topological polar surface area (TPSA) is 111 Å². The first-order valence-electron chi connectivity index (χ1n) is 13.3. The van der Waals surface area contributed by atoms with Crippen LogP contribution in [0.25, 0.3) is 10.9 Å². The number of rotatable bonds is 9. The number of fused-ring (bicyclic) bond motifs is 1. The fraction of sp³-hybridized carbons (Fsp3) is 0.267. The fourth-order valence-corrected chi connectivity index (χ4v) is 4.67. The number of hydrogen-bond acceptors (Lipinski definition) is 9. The van der Waals surface area contributed by atoms with Gasteiger partial charge in [-0.1, -0.05) is 6.58 Å². The molecule has 1 fully saturated rings. The van der Waals surface area contributed by atoms with E-state index in [1.807, 2.05) is 26.8 Å². The lowest BCUT2D eigenvalue weighted by molar-refractivity contribution is -0.111. The quantitative estimate of drug-likeness (QED) is 0.245. The van der Waals surface area contributed by atoms with Crippen LogP contribution in [0.3, 0.4) is 0 Å². The van der Waals surface area contributed by atoms with Crippen LogP contribution < -0.4 is 25.0 Å². The van der Waals surface area contributed by atoms with Gasteiger partial charge in [0.25, 0.3) is 0 Å². The molecule has 1 saturated heterocycles. The predicted molar refractivity (Wildman–Crippen MR) is 156 cm³/mol. The molecule has 1 aliphatic rings. The number of anilines is 4. The lowest BCUT2D eigenvalue weighted by atomic mass is 10.1. The Balaban J connectivity index is 1.36. The van der Waals surface area contributed by atoms with Crippen LogP contribution in [0.15, 0.2) is 67.6 Å². The number of nitrogens with zero attached hydrogens (tertiary/aromatic N) is 4. The van der Waals surface area contributed by atoms with E-state index in [9.17, 15) is 4.79 Å². The van der Waals surface area contributed by atoms with Gasteiger partial charge in [0.2, 0.25) is 5.91 Å². The minimum atomic E-state index is -0.537. The molecule has 2 aromatic carbocycles. The van der Waals surface area contributed by atoms with Crippen LogP contribution in [0.5, 0.6) is 17.2 Å². The predicted octanol–water partition coefficient (Wildman–Crippen LogP) is 5.84. The lowest BCUT2D eigenvalue weighted by Crippen LogP contribution is -2.45. The summed E-state index contributed by atoms with van der Waals surface area (Å²) in [7, 11) is 0. The van der Waals surface area contributed by atoms with E-state index in [0.717, 1.165) is 25.0 Å². The van der Waals surface area contributed by atoms with Gasteiger partial charge >= 0.3 is 0 Å². The van der Waals surface area contributed by atoms with Gasteiger partial charge in [-0.2, -0.15) is 0 Å². The zero-order valence-corrected chi connectivity index (χ0v) is 23.1. The van der Waals surface area contributed by atoms with Crippen molar-refractivity contribution in [2.45, 2.75) is 33.0 Å². The first-order chi connectivity index (χ1) is 19.8. The molecule has 0 aliphatic carbocycles. The Hall–Kier alpha value is -4.77. The Morgan fingerprint density at radius 1 is 1.10 bits per heavy atom.